The highest BCUT2D eigenvalue weighted by Crippen LogP contribution is 2.24. The molecule has 1 atom stereocenters. The van der Waals surface area contributed by atoms with Gasteiger partial charge in [-0.2, -0.15) is 0 Å². The molecule has 1 aromatic rings. The number of rotatable bonds is 2. The van der Waals surface area contributed by atoms with Gasteiger partial charge in [0.15, 0.2) is 0 Å². The molecule has 1 saturated heterocycles. The van der Waals surface area contributed by atoms with Crippen molar-refractivity contribution < 1.29 is 9.59 Å². The number of carbonyl (C=O) groups excluding carboxylic acids is 2. The first kappa shape index (κ1) is 12.2. The molecule has 2 heterocycles. The normalized spacial score (nSPS) is 21.7. The Morgan fingerprint density at radius 3 is 3.05 bits per heavy atom. The van der Waals surface area contributed by atoms with E-state index in [0.717, 1.165) is 25.2 Å². The van der Waals surface area contributed by atoms with Crippen molar-refractivity contribution in [3.63, 3.8) is 0 Å². The molecule has 5 nitrogen and oxygen atoms in total. The molecule has 1 fully saturated rings. The maximum absolute atomic E-state index is 12.1. The summed E-state index contributed by atoms with van der Waals surface area (Å²) in [5, 5.41) is 8.98. The summed E-state index contributed by atoms with van der Waals surface area (Å²) in [5.41, 5.74) is 3.35. The van der Waals surface area contributed by atoms with Crippen molar-refractivity contribution in [3.05, 3.63) is 29.3 Å². The van der Waals surface area contributed by atoms with Crippen LogP contribution in [0.1, 0.15) is 17.5 Å². The van der Waals surface area contributed by atoms with Crippen molar-refractivity contribution >= 4 is 17.5 Å². The van der Waals surface area contributed by atoms with Crippen LogP contribution in [-0.2, 0) is 22.6 Å². The number of hydrogen-bond donors (Lipinski definition) is 3. The number of hydrogen-bond acceptors (Lipinski definition) is 3. The van der Waals surface area contributed by atoms with Crippen LogP contribution in [0.15, 0.2) is 18.2 Å². The summed E-state index contributed by atoms with van der Waals surface area (Å²) >= 11 is 0. The highest BCUT2D eigenvalue weighted by atomic mass is 16.2. The molecule has 0 aromatic heterocycles. The molecule has 5 heteroatoms. The number of fused-ring (bicyclic) bond motifs is 1. The van der Waals surface area contributed by atoms with E-state index in [-0.39, 0.29) is 17.7 Å². The van der Waals surface area contributed by atoms with Crippen LogP contribution in [0, 0.1) is 5.92 Å². The van der Waals surface area contributed by atoms with E-state index in [0.29, 0.717) is 13.0 Å². The molecule has 0 bridgehead atoms. The predicted octanol–water partition coefficient (Wildman–Crippen LogP) is 0.407. The summed E-state index contributed by atoms with van der Waals surface area (Å²) in [4.78, 5) is 23.3. The summed E-state index contributed by atoms with van der Waals surface area (Å²) in [6, 6.07) is 5.98. The molecule has 1 unspecified atom stereocenters. The van der Waals surface area contributed by atoms with E-state index in [9.17, 15) is 9.59 Å². The maximum Gasteiger partial charge on any atom is 0.229 e. The summed E-state index contributed by atoms with van der Waals surface area (Å²) in [6.45, 7) is 2.23. The second-order valence-electron chi connectivity index (χ2n) is 5.06. The summed E-state index contributed by atoms with van der Waals surface area (Å²) < 4.78 is 0. The minimum atomic E-state index is -0.245. The van der Waals surface area contributed by atoms with Crippen LogP contribution in [0.2, 0.25) is 0 Å². The lowest BCUT2D eigenvalue weighted by Gasteiger charge is -2.21. The summed E-state index contributed by atoms with van der Waals surface area (Å²) in [6.07, 6.45) is 1.22. The Labute approximate surface area is 111 Å². The molecule has 3 rings (SSSR count). The van der Waals surface area contributed by atoms with Crippen LogP contribution in [-0.4, -0.2) is 24.9 Å². The zero-order chi connectivity index (χ0) is 13.2. The van der Waals surface area contributed by atoms with Gasteiger partial charge in [0.1, 0.15) is 0 Å². The van der Waals surface area contributed by atoms with Crippen LogP contribution in [0.3, 0.4) is 0 Å². The van der Waals surface area contributed by atoms with Gasteiger partial charge in [-0.25, -0.2) is 0 Å². The number of carbonyl (C=O) groups is 2. The van der Waals surface area contributed by atoms with Gasteiger partial charge in [0, 0.05) is 25.2 Å². The molecule has 100 valence electrons. The Morgan fingerprint density at radius 2 is 2.26 bits per heavy atom. The highest BCUT2D eigenvalue weighted by molar-refractivity contribution is 5.97. The molecule has 3 N–H and O–H groups in total. The second kappa shape index (κ2) is 5.01. The third-order valence-corrected chi connectivity index (χ3v) is 3.75. The van der Waals surface area contributed by atoms with Crippen LogP contribution < -0.4 is 16.0 Å². The molecular formula is C14H17N3O2. The molecule has 0 radical (unpaired) electrons. The minimum Gasteiger partial charge on any atom is -0.355 e. The SMILES string of the molecule is O=C1CC(C(=O)Nc2cccc3c2CCNC3)CN1. The van der Waals surface area contributed by atoms with Gasteiger partial charge in [-0.15, -0.1) is 0 Å². The number of nitrogens with one attached hydrogen (secondary N) is 3. The lowest BCUT2D eigenvalue weighted by Crippen LogP contribution is -2.28. The van der Waals surface area contributed by atoms with Crippen molar-refractivity contribution in [2.75, 3.05) is 18.4 Å². The third-order valence-electron chi connectivity index (χ3n) is 3.75. The molecule has 1 aromatic carbocycles. The maximum atomic E-state index is 12.1. The van der Waals surface area contributed by atoms with E-state index in [4.69, 9.17) is 0 Å². The first-order valence-electron chi connectivity index (χ1n) is 6.63. The van der Waals surface area contributed by atoms with Gasteiger partial charge in [0.2, 0.25) is 11.8 Å². The number of benzene rings is 1. The average molecular weight is 259 g/mol. The average Bonchev–Trinajstić information content (AvgIpc) is 2.86. The lowest BCUT2D eigenvalue weighted by atomic mass is 9.98. The molecule has 19 heavy (non-hydrogen) atoms. The fourth-order valence-corrected chi connectivity index (χ4v) is 2.67. The molecular weight excluding hydrogens is 242 g/mol. The summed E-state index contributed by atoms with van der Waals surface area (Å²) in [7, 11) is 0. The molecule has 2 aliphatic heterocycles. The lowest BCUT2D eigenvalue weighted by molar-refractivity contribution is -0.123. The van der Waals surface area contributed by atoms with Gasteiger partial charge < -0.3 is 16.0 Å². The van der Waals surface area contributed by atoms with Crippen LogP contribution in [0.4, 0.5) is 5.69 Å². The van der Waals surface area contributed by atoms with Gasteiger partial charge in [-0.3, -0.25) is 9.59 Å². The highest BCUT2D eigenvalue weighted by Gasteiger charge is 2.28. The van der Waals surface area contributed by atoms with Gasteiger partial charge in [-0.05, 0) is 30.2 Å². The van der Waals surface area contributed by atoms with Crippen molar-refractivity contribution in [1.29, 1.82) is 0 Å². The zero-order valence-corrected chi connectivity index (χ0v) is 10.7. The molecule has 0 aliphatic carbocycles. The zero-order valence-electron chi connectivity index (χ0n) is 10.7. The van der Waals surface area contributed by atoms with Crippen LogP contribution in [0.5, 0.6) is 0 Å². The molecule has 0 saturated carbocycles. The Kier molecular flexibility index (Phi) is 3.21. The third kappa shape index (κ3) is 2.46. The van der Waals surface area contributed by atoms with E-state index in [1.165, 1.54) is 11.1 Å². The minimum absolute atomic E-state index is 0.0422. The number of amides is 2. The van der Waals surface area contributed by atoms with Gasteiger partial charge in [0.25, 0.3) is 0 Å². The Balaban J connectivity index is 1.76. The van der Waals surface area contributed by atoms with Crippen molar-refractivity contribution in [1.82, 2.24) is 10.6 Å². The Morgan fingerprint density at radius 1 is 1.37 bits per heavy atom. The largest absolute Gasteiger partial charge is 0.355 e. The number of anilines is 1. The van der Waals surface area contributed by atoms with E-state index in [2.05, 4.69) is 22.0 Å². The molecule has 2 aliphatic rings. The van der Waals surface area contributed by atoms with E-state index >= 15 is 0 Å². The second-order valence-corrected chi connectivity index (χ2v) is 5.06. The smallest absolute Gasteiger partial charge is 0.229 e. The van der Waals surface area contributed by atoms with E-state index in [1.807, 2.05) is 12.1 Å². The van der Waals surface area contributed by atoms with Crippen molar-refractivity contribution in [2.24, 2.45) is 5.92 Å². The fraction of sp³-hybridized carbons (Fsp3) is 0.429. The van der Waals surface area contributed by atoms with Crippen LogP contribution >= 0.6 is 0 Å². The Bertz CT molecular complexity index is 527. The van der Waals surface area contributed by atoms with Gasteiger partial charge in [0.05, 0.1) is 5.92 Å². The molecule has 2 amide bonds. The predicted molar refractivity (Wildman–Crippen MR) is 71.6 cm³/mol. The van der Waals surface area contributed by atoms with E-state index in [1.54, 1.807) is 0 Å². The first-order chi connectivity index (χ1) is 9.24. The topological polar surface area (TPSA) is 70.2 Å². The fourth-order valence-electron chi connectivity index (χ4n) is 2.67. The summed E-state index contributed by atoms with van der Waals surface area (Å²) in [5.74, 6) is -0.352. The standard InChI is InChI=1S/C14H17N3O2/c18-13-6-10(8-16-13)14(19)17-12-3-1-2-9-7-15-5-4-11(9)12/h1-3,10,15H,4-8H2,(H,16,18)(H,17,19). The van der Waals surface area contributed by atoms with Crippen molar-refractivity contribution in [2.45, 2.75) is 19.4 Å². The quantitative estimate of drug-likeness (QED) is 0.720. The van der Waals surface area contributed by atoms with E-state index < -0.39 is 0 Å². The van der Waals surface area contributed by atoms with Crippen molar-refractivity contribution in [3.8, 4) is 0 Å². The van der Waals surface area contributed by atoms with Crippen LogP contribution in [0.25, 0.3) is 0 Å². The first-order valence-corrected chi connectivity index (χ1v) is 6.63. The van der Waals surface area contributed by atoms with Gasteiger partial charge in [-0.1, -0.05) is 12.1 Å². The van der Waals surface area contributed by atoms with Gasteiger partial charge >= 0.3 is 0 Å². The monoisotopic (exact) mass is 259 g/mol. The Hall–Kier alpha value is -1.88. The molecule has 0 spiro atoms.